The Morgan fingerprint density at radius 1 is 1.30 bits per heavy atom. The molecule has 1 aromatic carbocycles. The van der Waals surface area contributed by atoms with Crippen LogP contribution in [0.1, 0.15) is 49.4 Å². The molecule has 2 aromatic rings. The van der Waals surface area contributed by atoms with E-state index in [1.807, 2.05) is 22.6 Å². The molecule has 3 aliphatic heterocycles. The molecular weight excluding hydrogens is 519 g/mol. The number of nitrogens with zero attached hydrogens (tertiary/aromatic N) is 4. The standard InChI is InChI=1S/C25H28F2N5O3PS/c1-16-12-22(32(30-16)17-6-10-35-11-7-17)31-14-18(13-20(31)23(33)29-24(15-28)8-9-24)37(34)21-5-3-2-4-19(21)25(26,27)36-37/h2-5,12,17-18,20H,6-11,13-14H2,1H3,(H,29,33)/t18-,20+,37?/m1/s1. The van der Waals surface area contributed by atoms with Crippen LogP contribution < -0.4 is 10.2 Å². The number of aromatic nitrogens is 2. The van der Waals surface area contributed by atoms with E-state index in [1.165, 1.54) is 18.2 Å². The molecule has 8 nitrogen and oxygen atoms in total. The van der Waals surface area contributed by atoms with E-state index in [1.54, 1.807) is 6.07 Å². The van der Waals surface area contributed by atoms with E-state index in [0.717, 1.165) is 18.5 Å². The Morgan fingerprint density at radius 2 is 2.03 bits per heavy atom. The summed E-state index contributed by atoms with van der Waals surface area (Å²) in [5.41, 5.74) is -3.49. The number of anilines is 1. The number of hydrogen-bond acceptors (Lipinski definition) is 6. The number of aryl methyl sites for hydroxylation is 1. The van der Waals surface area contributed by atoms with Crippen molar-refractivity contribution in [1.82, 2.24) is 15.1 Å². The van der Waals surface area contributed by atoms with Crippen LogP contribution in [0.5, 0.6) is 0 Å². The van der Waals surface area contributed by atoms with E-state index < -0.39 is 39.0 Å². The van der Waals surface area contributed by atoms with Gasteiger partial charge in [-0.05, 0) is 45.1 Å². The number of alkyl halides is 2. The fraction of sp³-hybridized carbons (Fsp3) is 0.560. The van der Waals surface area contributed by atoms with Gasteiger partial charge >= 0.3 is 5.66 Å². The lowest BCUT2D eigenvalue weighted by atomic mass is 10.1. The van der Waals surface area contributed by atoms with Crippen molar-refractivity contribution in [3.8, 4) is 6.07 Å². The summed E-state index contributed by atoms with van der Waals surface area (Å²) < 4.78 is 51.8. The smallest absolute Gasteiger partial charge is 0.321 e. The minimum atomic E-state index is -3.21. The lowest BCUT2D eigenvalue weighted by Gasteiger charge is -2.30. The molecule has 4 aliphatic rings. The summed E-state index contributed by atoms with van der Waals surface area (Å²) in [7, 11) is -3.61. The van der Waals surface area contributed by atoms with Gasteiger partial charge in [0.05, 0.1) is 23.1 Å². The van der Waals surface area contributed by atoms with Crippen LogP contribution in [-0.4, -0.2) is 56.5 Å². The average Bonchev–Trinajstić information content (AvgIpc) is 3.23. The summed E-state index contributed by atoms with van der Waals surface area (Å²) in [5.74, 6) is 0.378. The lowest BCUT2D eigenvalue weighted by Crippen LogP contribution is -2.48. The van der Waals surface area contributed by atoms with Gasteiger partial charge in [-0.3, -0.25) is 9.00 Å². The number of benzene rings is 1. The molecule has 1 unspecified atom stereocenters. The first-order valence-electron chi connectivity index (χ1n) is 12.5. The lowest BCUT2D eigenvalue weighted by molar-refractivity contribution is -0.122. The zero-order valence-corrected chi connectivity index (χ0v) is 22.1. The highest BCUT2D eigenvalue weighted by atomic mass is 32.5. The van der Waals surface area contributed by atoms with E-state index in [2.05, 4.69) is 11.4 Å². The number of nitriles is 1. The number of halogens is 2. The van der Waals surface area contributed by atoms with E-state index in [-0.39, 0.29) is 35.4 Å². The molecular formula is C25H28F2N5O3PS. The van der Waals surface area contributed by atoms with E-state index in [4.69, 9.17) is 9.84 Å². The fourth-order valence-corrected chi connectivity index (χ4v) is 11.6. The second kappa shape index (κ2) is 8.75. The minimum Gasteiger partial charge on any atom is -0.381 e. The molecule has 3 atom stereocenters. The average molecular weight is 548 g/mol. The van der Waals surface area contributed by atoms with E-state index in [9.17, 15) is 14.3 Å². The summed E-state index contributed by atoms with van der Waals surface area (Å²) in [4.78, 5) is 15.7. The number of nitrogens with one attached hydrogen (secondary N) is 1. The Hall–Kier alpha value is -2.54. The Balaban J connectivity index is 1.40. The highest BCUT2D eigenvalue weighted by molar-refractivity contribution is 8.26. The number of carbonyl (C=O) groups is 1. The second-order valence-electron chi connectivity index (χ2n) is 10.3. The van der Waals surface area contributed by atoms with Crippen molar-refractivity contribution in [1.29, 1.82) is 5.26 Å². The summed E-state index contributed by atoms with van der Waals surface area (Å²) in [6.45, 7) is 3.28. The predicted molar refractivity (Wildman–Crippen MR) is 135 cm³/mol. The fourth-order valence-electron chi connectivity index (χ4n) is 5.65. The molecule has 1 amide bonds. The monoisotopic (exact) mass is 547 g/mol. The molecule has 2 saturated heterocycles. The molecule has 196 valence electrons. The number of amides is 1. The van der Waals surface area contributed by atoms with Crippen molar-refractivity contribution in [3.63, 3.8) is 0 Å². The molecule has 1 N–H and O–H groups in total. The van der Waals surface area contributed by atoms with Crippen LogP contribution in [0, 0.1) is 18.3 Å². The number of ether oxygens (including phenoxy) is 1. The van der Waals surface area contributed by atoms with Crippen LogP contribution in [0.25, 0.3) is 0 Å². The van der Waals surface area contributed by atoms with Crippen molar-refractivity contribution in [2.75, 3.05) is 24.7 Å². The maximum Gasteiger partial charge on any atom is 0.321 e. The van der Waals surface area contributed by atoms with Crippen molar-refractivity contribution in [2.45, 2.75) is 72.5 Å². The van der Waals surface area contributed by atoms with Crippen LogP contribution in [-0.2, 0) is 24.3 Å². The SMILES string of the molecule is Cc1cc(N2C[C@H](S3(=O)=PC(F)(F)c4ccccc43)C[C@H]2C(=O)NC2(C#N)CC2)n(C2CCOCC2)n1. The molecule has 0 bridgehead atoms. The maximum atomic E-state index is 15.0. The Labute approximate surface area is 215 Å². The van der Waals surface area contributed by atoms with Crippen LogP contribution in [0.3, 0.4) is 0 Å². The zero-order chi connectivity index (χ0) is 26.0. The van der Waals surface area contributed by atoms with E-state index in [0.29, 0.717) is 31.9 Å². The summed E-state index contributed by atoms with van der Waals surface area (Å²) in [6.07, 6.45) is 2.87. The van der Waals surface area contributed by atoms with Crippen LogP contribution in [0.4, 0.5) is 14.6 Å². The summed E-state index contributed by atoms with van der Waals surface area (Å²) in [6, 6.07) is 9.48. The topological polar surface area (TPSA) is 100 Å². The predicted octanol–water partition coefficient (Wildman–Crippen LogP) is 3.93. The first-order valence-corrected chi connectivity index (χ1v) is 15.7. The normalized spacial score (nSPS) is 30.3. The molecule has 1 aromatic heterocycles. The third-order valence-electron chi connectivity index (χ3n) is 7.79. The first-order chi connectivity index (χ1) is 17.7. The third-order valence-corrected chi connectivity index (χ3v) is 13.7. The Bertz CT molecular complexity index is 1420. The summed E-state index contributed by atoms with van der Waals surface area (Å²) in [5, 5.41) is 16.5. The van der Waals surface area contributed by atoms with Gasteiger partial charge in [0.25, 0.3) is 0 Å². The molecule has 1 saturated carbocycles. The molecule has 4 heterocycles. The largest absolute Gasteiger partial charge is 0.381 e. The second-order valence-corrected chi connectivity index (χ2v) is 15.5. The number of carbonyl (C=O) groups excluding carboxylic acids is 1. The number of rotatable bonds is 5. The highest BCUT2D eigenvalue weighted by Crippen LogP contribution is 2.55. The molecule has 1 aliphatic carbocycles. The van der Waals surface area contributed by atoms with E-state index >= 15 is 8.78 Å². The van der Waals surface area contributed by atoms with Crippen molar-refractivity contribution >= 4 is 28.2 Å². The molecule has 6 rings (SSSR count). The van der Waals surface area contributed by atoms with Gasteiger partial charge in [-0.1, -0.05) is 18.2 Å². The van der Waals surface area contributed by atoms with Gasteiger partial charge in [-0.2, -0.15) is 19.1 Å². The van der Waals surface area contributed by atoms with Crippen LogP contribution >= 0.6 is 7.36 Å². The highest BCUT2D eigenvalue weighted by Gasteiger charge is 2.52. The van der Waals surface area contributed by atoms with Crippen molar-refractivity contribution < 1.29 is 22.5 Å². The van der Waals surface area contributed by atoms with Crippen LogP contribution in [0.2, 0.25) is 0 Å². The van der Waals surface area contributed by atoms with Gasteiger partial charge < -0.3 is 15.0 Å². The van der Waals surface area contributed by atoms with Crippen molar-refractivity contribution in [2.24, 2.45) is 0 Å². The van der Waals surface area contributed by atoms with Gasteiger partial charge in [-0.15, -0.1) is 0 Å². The molecule has 0 spiro atoms. The van der Waals surface area contributed by atoms with Gasteiger partial charge in [0, 0.05) is 52.8 Å². The minimum absolute atomic E-state index is 0.0808. The van der Waals surface area contributed by atoms with Gasteiger partial charge in [0.1, 0.15) is 17.4 Å². The summed E-state index contributed by atoms with van der Waals surface area (Å²) >= 11 is 0. The third kappa shape index (κ3) is 4.14. The quantitative estimate of drug-likeness (QED) is 0.570. The molecule has 37 heavy (non-hydrogen) atoms. The van der Waals surface area contributed by atoms with Crippen molar-refractivity contribution in [3.05, 3.63) is 41.6 Å². The molecule has 12 heteroatoms. The van der Waals surface area contributed by atoms with Gasteiger partial charge in [0.15, 0.2) is 0 Å². The van der Waals surface area contributed by atoms with Crippen LogP contribution in [0.15, 0.2) is 35.2 Å². The van der Waals surface area contributed by atoms with Gasteiger partial charge in [-0.25, -0.2) is 4.68 Å². The molecule has 3 fully saturated rings. The molecule has 0 radical (unpaired) electrons. The number of fused-ring (bicyclic) bond motifs is 1. The number of hydrogen-bond donors (Lipinski definition) is 1. The maximum absolute atomic E-state index is 15.0. The Morgan fingerprint density at radius 3 is 2.73 bits per heavy atom. The zero-order valence-electron chi connectivity index (χ0n) is 20.4. The van der Waals surface area contributed by atoms with Gasteiger partial charge in [0.2, 0.25) is 5.91 Å². The first kappa shape index (κ1) is 24.8. The Kier molecular flexibility index (Phi) is 5.86.